The van der Waals surface area contributed by atoms with Crippen molar-refractivity contribution in [2.75, 3.05) is 40.4 Å². The zero-order valence-electron chi connectivity index (χ0n) is 8.76. The first-order chi connectivity index (χ1) is 5.70. The van der Waals surface area contributed by atoms with Crippen LogP contribution in [0, 0.1) is 0 Å². The van der Waals surface area contributed by atoms with Gasteiger partial charge in [-0.05, 0) is 20.5 Å². The Morgan fingerprint density at radius 1 is 1.50 bits per heavy atom. The summed E-state index contributed by atoms with van der Waals surface area (Å²) in [5.74, 6) is 0. The Kier molecular flexibility index (Phi) is 7.45. The molecule has 3 nitrogen and oxygen atoms in total. The number of nitrogens with one attached hydrogen (secondary N) is 1. The van der Waals surface area contributed by atoms with Crippen molar-refractivity contribution in [3.8, 4) is 0 Å². The smallest absolute Gasteiger partial charge is 0.0613 e. The van der Waals surface area contributed by atoms with Crippen molar-refractivity contribution in [1.82, 2.24) is 10.2 Å². The molecule has 3 heteroatoms. The largest absolute Gasteiger partial charge is 0.383 e. The minimum Gasteiger partial charge on any atom is -0.383 e. The molecular formula is C9H22N2O. The molecule has 1 unspecified atom stereocenters. The molecule has 12 heavy (non-hydrogen) atoms. The Morgan fingerprint density at radius 2 is 2.17 bits per heavy atom. The van der Waals surface area contributed by atoms with E-state index in [4.69, 9.17) is 4.74 Å². The highest BCUT2D eigenvalue weighted by Crippen LogP contribution is 1.83. The summed E-state index contributed by atoms with van der Waals surface area (Å²) in [6, 6.07) is 0.459. The van der Waals surface area contributed by atoms with Crippen LogP contribution < -0.4 is 5.32 Å². The van der Waals surface area contributed by atoms with Gasteiger partial charge in [0.1, 0.15) is 0 Å². The van der Waals surface area contributed by atoms with Crippen molar-refractivity contribution in [3.63, 3.8) is 0 Å². The number of likely N-dealkylation sites (N-methyl/N-ethyl adjacent to an activating group) is 1. The molecular weight excluding hydrogens is 152 g/mol. The van der Waals surface area contributed by atoms with Crippen LogP contribution in [0.15, 0.2) is 0 Å². The first kappa shape index (κ1) is 11.9. The van der Waals surface area contributed by atoms with Crippen LogP contribution in [0.2, 0.25) is 0 Å². The van der Waals surface area contributed by atoms with Gasteiger partial charge in [-0.15, -0.1) is 0 Å². The molecule has 0 aliphatic rings. The van der Waals surface area contributed by atoms with Gasteiger partial charge in [-0.3, -0.25) is 0 Å². The van der Waals surface area contributed by atoms with E-state index in [1.807, 2.05) is 0 Å². The Morgan fingerprint density at radius 3 is 2.67 bits per heavy atom. The van der Waals surface area contributed by atoms with Crippen LogP contribution in [-0.2, 0) is 4.74 Å². The SMILES string of the molecule is CCN(C)CCNC(C)COC. The van der Waals surface area contributed by atoms with E-state index in [0.29, 0.717) is 6.04 Å². The summed E-state index contributed by atoms with van der Waals surface area (Å²) in [7, 11) is 3.86. The average Bonchev–Trinajstić information content (AvgIpc) is 2.04. The van der Waals surface area contributed by atoms with Gasteiger partial charge in [0.05, 0.1) is 6.61 Å². The van der Waals surface area contributed by atoms with Crippen LogP contribution in [0.5, 0.6) is 0 Å². The summed E-state index contributed by atoms with van der Waals surface area (Å²) < 4.78 is 5.01. The highest BCUT2D eigenvalue weighted by atomic mass is 16.5. The minimum absolute atomic E-state index is 0.459. The second-order valence-corrected chi connectivity index (χ2v) is 3.21. The molecule has 0 saturated carbocycles. The van der Waals surface area contributed by atoms with Gasteiger partial charge < -0.3 is 15.0 Å². The third kappa shape index (κ3) is 6.58. The van der Waals surface area contributed by atoms with E-state index in [9.17, 15) is 0 Å². The van der Waals surface area contributed by atoms with Gasteiger partial charge in [0, 0.05) is 26.2 Å². The molecule has 0 radical (unpaired) electrons. The molecule has 0 aliphatic heterocycles. The van der Waals surface area contributed by atoms with Crippen molar-refractivity contribution in [1.29, 1.82) is 0 Å². The zero-order valence-corrected chi connectivity index (χ0v) is 8.76. The van der Waals surface area contributed by atoms with Crippen LogP contribution in [-0.4, -0.2) is 51.3 Å². The summed E-state index contributed by atoms with van der Waals surface area (Å²) in [5.41, 5.74) is 0. The molecule has 0 rings (SSSR count). The number of hydrogen-bond acceptors (Lipinski definition) is 3. The molecule has 74 valence electrons. The van der Waals surface area contributed by atoms with E-state index in [2.05, 4.69) is 31.1 Å². The van der Waals surface area contributed by atoms with Crippen LogP contribution in [0.3, 0.4) is 0 Å². The second-order valence-electron chi connectivity index (χ2n) is 3.21. The van der Waals surface area contributed by atoms with E-state index >= 15 is 0 Å². The molecule has 0 spiro atoms. The molecule has 0 aromatic carbocycles. The average molecular weight is 174 g/mol. The van der Waals surface area contributed by atoms with Gasteiger partial charge in [0.2, 0.25) is 0 Å². The summed E-state index contributed by atoms with van der Waals surface area (Å²) in [4.78, 5) is 2.28. The van der Waals surface area contributed by atoms with Crippen LogP contribution in [0.25, 0.3) is 0 Å². The molecule has 0 amide bonds. The van der Waals surface area contributed by atoms with E-state index in [1.165, 1.54) is 0 Å². The molecule has 1 atom stereocenters. The lowest BCUT2D eigenvalue weighted by atomic mass is 10.3. The highest BCUT2D eigenvalue weighted by molar-refractivity contribution is 4.60. The number of nitrogens with zero attached hydrogens (tertiary/aromatic N) is 1. The maximum absolute atomic E-state index is 5.01. The minimum atomic E-state index is 0.459. The fourth-order valence-corrected chi connectivity index (χ4v) is 0.969. The van der Waals surface area contributed by atoms with Gasteiger partial charge in [-0.25, -0.2) is 0 Å². The second kappa shape index (κ2) is 7.53. The third-order valence-corrected chi connectivity index (χ3v) is 1.94. The fourth-order valence-electron chi connectivity index (χ4n) is 0.969. The van der Waals surface area contributed by atoms with Crippen molar-refractivity contribution in [2.45, 2.75) is 19.9 Å². The molecule has 0 heterocycles. The fraction of sp³-hybridized carbons (Fsp3) is 1.00. The Balaban J connectivity index is 3.18. The van der Waals surface area contributed by atoms with E-state index in [1.54, 1.807) is 7.11 Å². The predicted molar refractivity (Wildman–Crippen MR) is 52.5 cm³/mol. The Labute approximate surface area is 76.1 Å². The Hall–Kier alpha value is -0.120. The van der Waals surface area contributed by atoms with Gasteiger partial charge in [0.25, 0.3) is 0 Å². The number of rotatable bonds is 7. The first-order valence-corrected chi connectivity index (χ1v) is 4.61. The lowest BCUT2D eigenvalue weighted by Gasteiger charge is -2.17. The monoisotopic (exact) mass is 174 g/mol. The van der Waals surface area contributed by atoms with Crippen molar-refractivity contribution in [2.24, 2.45) is 0 Å². The topological polar surface area (TPSA) is 24.5 Å². The van der Waals surface area contributed by atoms with Crippen LogP contribution in [0.1, 0.15) is 13.8 Å². The zero-order chi connectivity index (χ0) is 9.40. The summed E-state index contributed by atoms with van der Waals surface area (Å²) in [5, 5.41) is 3.38. The number of hydrogen-bond donors (Lipinski definition) is 1. The van der Waals surface area contributed by atoms with Gasteiger partial charge in [-0.1, -0.05) is 6.92 Å². The van der Waals surface area contributed by atoms with Crippen molar-refractivity contribution >= 4 is 0 Å². The Bertz CT molecular complexity index is 98.5. The lowest BCUT2D eigenvalue weighted by Crippen LogP contribution is -2.36. The molecule has 0 fully saturated rings. The van der Waals surface area contributed by atoms with E-state index < -0.39 is 0 Å². The third-order valence-electron chi connectivity index (χ3n) is 1.94. The summed E-state index contributed by atoms with van der Waals surface area (Å²) in [6.07, 6.45) is 0. The summed E-state index contributed by atoms with van der Waals surface area (Å²) in [6.45, 7) is 8.34. The van der Waals surface area contributed by atoms with Crippen molar-refractivity contribution < 1.29 is 4.74 Å². The quantitative estimate of drug-likeness (QED) is 0.610. The molecule has 0 aliphatic carbocycles. The number of ether oxygens (including phenoxy) is 1. The predicted octanol–water partition coefficient (Wildman–Crippen LogP) is 0.563. The van der Waals surface area contributed by atoms with E-state index in [0.717, 1.165) is 26.2 Å². The maximum atomic E-state index is 5.01. The normalized spacial score (nSPS) is 13.8. The highest BCUT2D eigenvalue weighted by Gasteiger charge is 1.99. The first-order valence-electron chi connectivity index (χ1n) is 4.61. The molecule has 0 aromatic rings. The van der Waals surface area contributed by atoms with Gasteiger partial charge >= 0.3 is 0 Å². The standard InChI is InChI=1S/C9H22N2O/c1-5-11(3)7-6-10-9(2)8-12-4/h9-10H,5-8H2,1-4H3. The molecule has 0 aromatic heterocycles. The lowest BCUT2D eigenvalue weighted by molar-refractivity contribution is 0.170. The van der Waals surface area contributed by atoms with Crippen molar-refractivity contribution in [3.05, 3.63) is 0 Å². The van der Waals surface area contributed by atoms with Crippen LogP contribution in [0.4, 0.5) is 0 Å². The molecule has 0 saturated heterocycles. The summed E-state index contributed by atoms with van der Waals surface area (Å²) >= 11 is 0. The van der Waals surface area contributed by atoms with Crippen LogP contribution >= 0.6 is 0 Å². The number of methoxy groups -OCH3 is 1. The van der Waals surface area contributed by atoms with Gasteiger partial charge in [0.15, 0.2) is 0 Å². The molecule has 0 bridgehead atoms. The maximum Gasteiger partial charge on any atom is 0.0613 e. The van der Waals surface area contributed by atoms with E-state index in [-0.39, 0.29) is 0 Å². The van der Waals surface area contributed by atoms with Gasteiger partial charge in [-0.2, -0.15) is 0 Å². The molecule has 1 N–H and O–H groups in total.